The number of aromatic nitrogens is 2. The average Bonchev–Trinajstić information content (AvgIpc) is 3.48. The van der Waals surface area contributed by atoms with Crippen LogP contribution in [0, 0.1) is 13.8 Å². The molecule has 0 aliphatic rings. The molecule has 4 aromatic carbocycles. The molecular formula is C31H26N2O2. The van der Waals surface area contributed by atoms with Gasteiger partial charge in [-0.05, 0) is 97.0 Å². The fourth-order valence-corrected chi connectivity index (χ4v) is 4.53. The number of hydrogen-bond donors (Lipinski definition) is 0. The Labute approximate surface area is 204 Å². The van der Waals surface area contributed by atoms with Crippen LogP contribution in [0.5, 0.6) is 0 Å². The highest BCUT2D eigenvalue weighted by Crippen LogP contribution is 2.29. The van der Waals surface area contributed by atoms with E-state index in [1.54, 1.807) is 0 Å². The molecule has 0 aliphatic heterocycles. The third-order valence-electron chi connectivity index (χ3n) is 6.56. The van der Waals surface area contributed by atoms with Gasteiger partial charge < -0.3 is 8.83 Å². The summed E-state index contributed by atoms with van der Waals surface area (Å²) in [5.41, 5.74) is 10.4. The van der Waals surface area contributed by atoms with Gasteiger partial charge in [0, 0.05) is 11.1 Å². The van der Waals surface area contributed by atoms with Gasteiger partial charge in [-0.2, -0.15) is 0 Å². The lowest BCUT2D eigenvalue weighted by molar-refractivity contribution is 0.619. The summed E-state index contributed by atoms with van der Waals surface area (Å²) in [5, 5.41) is 0. The van der Waals surface area contributed by atoms with Crippen LogP contribution in [0.2, 0.25) is 0 Å². The molecule has 6 aromatic rings. The first-order valence-electron chi connectivity index (χ1n) is 12.0. The quantitative estimate of drug-likeness (QED) is 0.261. The van der Waals surface area contributed by atoms with Gasteiger partial charge in [0.05, 0.1) is 0 Å². The van der Waals surface area contributed by atoms with Crippen LogP contribution in [0.4, 0.5) is 0 Å². The molecule has 0 radical (unpaired) electrons. The number of benzene rings is 4. The lowest BCUT2D eigenvalue weighted by Gasteiger charge is -2.12. The van der Waals surface area contributed by atoms with Gasteiger partial charge >= 0.3 is 0 Å². The number of aryl methyl sites for hydroxylation is 2. The number of fused-ring (bicyclic) bond motifs is 2. The molecule has 0 bridgehead atoms. The van der Waals surface area contributed by atoms with Crippen LogP contribution < -0.4 is 0 Å². The van der Waals surface area contributed by atoms with Crippen LogP contribution in [0.3, 0.4) is 0 Å². The zero-order chi connectivity index (χ0) is 23.9. The van der Waals surface area contributed by atoms with Crippen LogP contribution in [-0.2, 0) is 6.42 Å². The van der Waals surface area contributed by atoms with Crippen LogP contribution in [0.15, 0.2) is 93.8 Å². The van der Waals surface area contributed by atoms with Crippen LogP contribution in [0.1, 0.15) is 35.1 Å². The molecular weight excluding hydrogens is 432 g/mol. The van der Waals surface area contributed by atoms with Crippen molar-refractivity contribution >= 4 is 22.2 Å². The molecule has 0 N–H and O–H groups in total. The third-order valence-corrected chi connectivity index (χ3v) is 6.56. The summed E-state index contributed by atoms with van der Waals surface area (Å²) in [5.74, 6) is 1.71. The molecule has 4 heteroatoms. The Kier molecular flexibility index (Phi) is 5.22. The number of oxazole rings is 2. The fraction of sp³-hybridized carbons (Fsp3) is 0.161. The van der Waals surface area contributed by atoms with Crippen LogP contribution >= 0.6 is 0 Å². The van der Waals surface area contributed by atoms with E-state index in [1.165, 1.54) is 22.3 Å². The number of nitrogens with zero attached hydrogens (tertiary/aromatic N) is 2. The van der Waals surface area contributed by atoms with Crippen molar-refractivity contribution < 1.29 is 8.83 Å². The van der Waals surface area contributed by atoms with E-state index in [0.717, 1.165) is 39.7 Å². The molecule has 0 saturated heterocycles. The number of rotatable bonds is 5. The van der Waals surface area contributed by atoms with E-state index in [-0.39, 0.29) is 0 Å². The Morgan fingerprint density at radius 2 is 1.11 bits per heavy atom. The topological polar surface area (TPSA) is 52.1 Å². The zero-order valence-corrected chi connectivity index (χ0v) is 20.1. The predicted molar refractivity (Wildman–Crippen MR) is 140 cm³/mol. The summed E-state index contributed by atoms with van der Waals surface area (Å²) in [7, 11) is 0. The van der Waals surface area contributed by atoms with E-state index in [0.29, 0.717) is 17.7 Å². The predicted octanol–water partition coefficient (Wildman–Crippen LogP) is 8.27. The largest absolute Gasteiger partial charge is 0.436 e. The monoisotopic (exact) mass is 458 g/mol. The summed E-state index contributed by atoms with van der Waals surface area (Å²) in [6.45, 7) is 6.39. The van der Waals surface area contributed by atoms with Crippen molar-refractivity contribution in [1.29, 1.82) is 0 Å². The van der Waals surface area contributed by atoms with Crippen molar-refractivity contribution in [3.05, 3.63) is 107 Å². The number of hydrogen-bond acceptors (Lipinski definition) is 4. The maximum atomic E-state index is 5.95. The minimum atomic E-state index is 0.383. The molecule has 172 valence electrons. The summed E-state index contributed by atoms with van der Waals surface area (Å²) in [6.07, 6.45) is 0.953. The fourth-order valence-electron chi connectivity index (χ4n) is 4.53. The minimum Gasteiger partial charge on any atom is -0.436 e. The van der Waals surface area contributed by atoms with Gasteiger partial charge in [0.1, 0.15) is 11.0 Å². The third kappa shape index (κ3) is 4.24. The molecule has 6 rings (SSSR count). The highest BCUT2D eigenvalue weighted by molar-refractivity contribution is 5.77. The second-order valence-electron chi connectivity index (χ2n) is 9.40. The van der Waals surface area contributed by atoms with Crippen LogP contribution in [-0.4, -0.2) is 9.97 Å². The molecule has 4 nitrogen and oxygen atoms in total. The van der Waals surface area contributed by atoms with Gasteiger partial charge in [0.15, 0.2) is 11.2 Å². The highest BCUT2D eigenvalue weighted by Gasteiger charge is 2.12. The van der Waals surface area contributed by atoms with E-state index in [4.69, 9.17) is 8.83 Å². The minimum absolute atomic E-state index is 0.383. The first-order chi connectivity index (χ1) is 17.0. The van der Waals surface area contributed by atoms with Crippen molar-refractivity contribution in [2.24, 2.45) is 0 Å². The average molecular weight is 459 g/mol. The molecule has 0 spiro atoms. The second-order valence-corrected chi connectivity index (χ2v) is 9.40. The van der Waals surface area contributed by atoms with Crippen LogP contribution in [0.25, 0.3) is 45.1 Å². The van der Waals surface area contributed by atoms with Gasteiger partial charge in [-0.3, -0.25) is 0 Å². The molecule has 2 aromatic heterocycles. The molecule has 1 unspecified atom stereocenters. The summed E-state index contributed by atoms with van der Waals surface area (Å²) >= 11 is 0. The molecule has 0 saturated carbocycles. The summed E-state index contributed by atoms with van der Waals surface area (Å²) < 4.78 is 11.9. The Morgan fingerprint density at radius 3 is 1.63 bits per heavy atom. The Balaban J connectivity index is 1.16. The van der Waals surface area contributed by atoms with Crippen molar-refractivity contribution in [2.45, 2.75) is 33.1 Å². The van der Waals surface area contributed by atoms with E-state index in [1.807, 2.05) is 24.3 Å². The zero-order valence-electron chi connectivity index (χ0n) is 20.1. The molecule has 0 aliphatic carbocycles. The molecule has 0 amide bonds. The van der Waals surface area contributed by atoms with Gasteiger partial charge in [-0.25, -0.2) is 9.97 Å². The summed E-state index contributed by atoms with van der Waals surface area (Å²) in [6, 6.07) is 29.2. The van der Waals surface area contributed by atoms with E-state index >= 15 is 0 Å². The molecule has 2 heterocycles. The van der Waals surface area contributed by atoms with Gasteiger partial charge in [0.2, 0.25) is 11.8 Å². The first-order valence-corrected chi connectivity index (χ1v) is 12.0. The Bertz CT molecular complexity index is 1640. The SMILES string of the molecule is Cc1ccc2oc(-c3ccc(CC(C)c4ccc(-c5nc6cc(C)ccc6o5)cc4)cc3)nc2c1. The van der Waals surface area contributed by atoms with Crippen molar-refractivity contribution in [3.8, 4) is 22.9 Å². The lowest BCUT2D eigenvalue weighted by Crippen LogP contribution is -1.98. The normalized spacial score (nSPS) is 12.4. The Morgan fingerprint density at radius 1 is 0.629 bits per heavy atom. The maximum absolute atomic E-state index is 5.95. The van der Waals surface area contributed by atoms with E-state index in [9.17, 15) is 0 Å². The van der Waals surface area contributed by atoms with Crippen molar-refractivity contribution in [2.75, 3.05) is 0 Å². The van der Waals surface area contributed by atoms with Gasteiger partial charge in [0.25, 0.3) is 0 Å². The smallest absolute Gasteiger partial charge is 0.227 e. The second kappa shape index (κ2) is 8.55. The highest BCUT2D eigenvalue weighted by atomic mass is 16.4. The Hall–Kier alpha value is -4.18. The van der Waals surface area contributed by atoms with Gasteiger partial charge in [-0.15, -0.1) is 0 Å². The maximum Gasteiger partial charge on any atom is 0.227 e. The van der Waals surface area contributed by atoms with Crippen molar-refractivity contribution in [1.82, 2.24) is 9.97 Å². The van der Waals surface area contributed by atoms with E-state index in [2.05, 4.69) is 91.4 Å². The summed E-state index contributed by atoms with van der Waals surface area (Å²) in [4.78, 5) is 9.31. The molecule has 35 heavy (non-hydrogen) atoms. The van der Waals surface area contributed by atoms with E-state index < -0.39 is 0 Å². The lowest BCUT2D eigenvalue weighted by atomic mass is 9.93. The standard InChI is InChI=1S/C31H26N2O2/c1-19-4-14-28-26(16-19)32-30(34-28)24-8-6-22(7-9-24)18-21(3)23-10-12-25(13-11-23)31-33-27-17-20(2)5-15-29(27)35-31/h4-17,21H,18H2,1-3H3. The van der Waals surface area contributed by atoms with Gasteiger partial charge in [-0.1, -0.05) is 43.3 Å². The molecule has 1 atom stereocenters. The first kappa shape index (κ1) is 21.4. The van der Waals surface area contributed by atoms with Crippen molar-refractivity contribution in [3.63, 3.8) is 0 Å². The molecule has 0 fully saturated rings.